The molecule has 6 rings (SSSR count). The summed E-state index contributed by atoms with van der Waals surface area (Å²) in [6, 6.07) is 12.8. The monoisotopic (exact) mass is 643 g/mol. The van der Waals surface area contributed by atoms with Gasteiger partial charge in [-0.15, -0.1) is 0 Å². The van der Waals surface area contributed by atoms with Gasteiger partial charge in [-0.25, -0.2) is 15.4 Å². The van der Waals surface area contributed by atoms with Gasteiger partial charge in [-0.05, 0) is 56.3 Å². The number of piperazine rings is 1. The minimum absolute atomic E-state index is 0.0184. The van der Waals surface area contributed by atoms with Gasteiger partial charge in [-0.2, -0.15) is 9.97 Å². The van der Waals surface area contributed by atoms with Crippen LogP contribution in [-0.2, 0) is 17.8 Å². The number of aryl methyl sites for hydroxylation is 1. The molecular weight excluding hydrogens is 600 g/mol. The van der Waals surface area contributed by atoms with E-state index in [0.717, 1.165) is 30.0 Å². The Hall–Kier alpha value is -4.30. The van der Waals surface area contributed by atoms with Gasteiger partial charge in [0.2, 0.25) is 18.4 Å². The Bertz CT molecular complexity index is 1680. The van der Waals surface area contributed by atoms with Gasteiger partial charge in [0.05, 0.1) is 12.2 Å². The Labute approximate surface area is 275 Å². The summed E-state index contributed by atoms with van der Waals surface area (Å²) in [5.41, 5.74) is 4.34. The molecular formula is C36H43F2N7O2. The van der Waals surface area contributed by atoms with Gasteiger partial charge in [-0.1, -0.05) is 36.9 Å². The van der Waals surface area contributed by atoms with Crippen molar-refractivity contribution in [3.05, 3.63) is 77.3 Å². The van der Waals surface area contributed by atoms with Crippen molar-refractivity contribution < 1.29 is 18.3 Å². The maximum Gasteiger partial charge on any atom is 0.318 e. The second-order valence-corrected chi connectivity index (χ2v) is 13.1. The Morgan fingerprint density at radius 2 is 1.96 bits per heavy atom. The van der Waals surface area contributed by atoms with Crippen LogP contribution in [0.4, 0.5) is 20.3 Å². The van der Waals surface area contributed by atoms with Crippen LogP contribution in [0.25, 0.3) is 15.6 Å². The molecule has 9 nitrogen and oxygen atoms in total. The van der Waals surface area contributed by atoms with Crippen LogP contribution in [0.3, 0.4) is 0 Å². The predicted octanol–water partition coefficient (Wildman–Crippen LogP) is 5.37. The van der Waals surface area contributed by atoms with Crippen LogP contribution < -0.4 is 14.5 Å². The summed E-state index contributed by atoms with van der Waals surface area (Å²) in [4.78, 5) is 34.4. The average Bonchev–Trinajstić information content (AvgIpc) is 3.05. The van der Waals surface area contributed by atoms with Crippen LogP contribution in [0, 0.1) is 19.4 Å². The van der Waals surface area contributed by atoms with E-state index in [4.69, 9.17) is 21.3 Å². The molecule has 248 valence electrons. The molecule has 2 atom stereocenters. The van der Waals surface area contributed by atoms with Gasteiger partial charge in [0.1, 0.15) is 18.5 Å². The maximum atomic E-state index is 13.5. The first kappa shape index (κ1) is 32.6. The summed E-state index contributed by atoms with van der Waals surface area (Å²) in [5.74, 6) is -1.95. The summed E-state index contributed by atoms with van der Waals surface area (Å²) < 4.78 is 33.2. The number of likely N-dealkylation sites (N-methyl/N-ethyl adjacent to an activating group) is 1. The Balaban J connectivity index is 1.27. The van der Waals surface area contributed by atoms with Crippen LogP contribution in [0.5, 0.6) is 6.01 Å². The number of amides is 1. The number of fused-ring (bicyclic) bond motifs is 2. The van der Waals surface area contributed by atoms with Crippen molar-refractivity contribution in [2.75, 3.05) is 62.7 Å². The lowest BCUT2D eigenvalue weighted by atomic mass is 9.76. The zero-order chi connectivity index (χ0) is 33.3. The van der Waals surface area contributed by atoms with E-state index in [-0.39, 0.29) is 49.3 Å². The molecule has 1 saturated carbocycles. The third kappa shape index (κ3) is 6.75. The summed E-state index contributed by atoms with van der Waals surface area (Å²) in [5, 5.41) is 2.43. The lowest BCUT2D eigenvalue weighted by Crippen LogP contribution is -2.56. The number of halogens is 2. The molecule has 3 aromatic rings. The molecule has 1 aromatic heterocycles. The smallest absolute Gasteiger partial charge is 0.318 e. The predicted molar refractivity (Wildman–Crippen MR) is 180 cm³/mol. The molecule has 11 heteroatoms. The molecule has 0 spiro atoms. The number of aromatic nitrogens is 2. The number of alkyl halides is 2. The van der Waals surface area contributed by atoms with Crippen LogP contribution in [0.15, 0.2) is 49.1 Å². The lowest BCUT2D eigenvalue weighted by Gasteiger charge is -2.42. The van der Waals surface area contributed by atoms with Gasteiger partial charge in [0, 0.05) is 68.2 Å². The molecule has 3 aliphatic rings. The first-order valence-corrected chi connectivity index (χ1v) is 16.4. The van der Waals surface area contributed by atoms with E-state index in [1.54, 1.807) is 4.90 Å². The van der Waals surface area contributed by atoms with Crippen molar-refractivity contribution in [3.8, 4) is 6.01 Å². The lowest BCUT2D eigenvalue weighted by molar-refractivity contribution is -0.128. The van der Waals surface area contributed by atoms with Crippen LogP contribution in [-0.4, -0.2) is 96.6 Å². The zero-order valence-electron chi connectivity index (χ0n) is 27.5. The highest BCUT2D eigenvalue weighted by Gasteiger charge is 2.48. The van der Waals surface area contributed by atoms with Gasteiger partial charge >= 0.3 is 6.01 Å². The molecule has 1 amide bonds. The number of hydrogen-bond donors (Lipinski definition) is 0. The van der Waals surface area contributed by atoms with E-state index in [1.165, 1.54) is 28.1 Å². The molecule has 2 aliphatic heterocycles. The summed E-state index contributed by atoms with van der Waals surface area (Å²) >= 11 is 0. The van der Waals surface area contributed by atoms with Gasteiger partial charge < -0.3 is 29.2 Å². The fourth-order valence-electron chi connectivity index (χ4n) is 7.30. The minimum Gasteiger partial charge on any atom is -0.462 e. The van der Waals surface area contributed by atoms with Crippen molar-refractivity contribution in [1.29, 1.82) is 0 Å². The normalized spacial score (nSPS) is 20.0. The van der Waals surface area contributed by atoms with E-state index >= 15 is 0 Å². The minimum atomic E-state index is -2.54. The van der Waals surface area contributed by atoms with E-state index in [0.29, 0.717) is 39.3 Å². The standard InChI is InChI=1S/C36H43F2N7O2/c1-6-32(46)45-16-15-44(22-28(45)21-39-4)34-29-13-14-43(31-12-8-11-26-10-7-9-24(2)33(26)31)23-30(29)40-35(41-34)47-18-17-42(5)25(3)27-19-36(37,38)20-27/h6-12,25,27-28H,1,13-23H2,2-3,5H3/t25-,28-/m0/s1. The van der Waals surface area contributed by atoms with Crippen LogP contribution >= 0.6 is 0 Å². The Kier molecular flexibility index (Phi) is 9.33. The molecule has 3 heterocycles. The van der Waals surface area contributed by atoms with Crippen molar-refractivity contribution >= 4 is 28.2 Å². The number of ether oxygens (including phenoxy) is 1. The number of hydrogen-bond acceptors (Lipinski definition) is 7. The fourth-order valence-corrected chi connectivity index (χ4v) is 7.30. The largest absolute Gasteiger partial charge is 0.462 e. The number of rotatable bonds is 10. The topological polar surface area (TPSA) is 69.4 Å². The van der Waals surface area contributed by atoms with E-state index in [1.807, 2.05) is 14.0 Å². The molecule has 2 aromatic carbocycles. The molecule has 1 aliphatic carbocycles. The summed E-state index contributed by atoms with van der Waals surface area (Å²) in [6.45, 7) is 19.2. The molecule has 0 unspecified atom stereocenters. The molecule has 0 radical (unpaired) electrons. The SMILES string of the molecule is [C-]#[N+]C[C@H]1CN(c2nc(OCCN(C)[C@@H](C)C3CC(F)(F)C3)nc3c2CCN(c2cccc4cccc(C)c24)C3)CCN1C(=O)C=C. The Morgan fingerprint density at radius 1 is 1.19 bits per heavy atom. The quantitative estimate of drug-likeness (QED) is 0.218. The number of benzene rings is 2. The number of carbonyl (C=O) groups is 1. The highest BCUT2D eigenvalue weighted by atomic mass is 19.3. The second-order valence-electron chi connectivity index (χ2n) is 13.1. The molecule has 0 N–H and O–H groups in total. The van der Waals surface area contributed by atoms with E-state index < -0.39 is 5.92 Å². The number of anilines is 2. The number of nitrogens with zero attached hydrogens (tertiary/aromatic N) is 7. The average molecular weight is 644 g/mol. The van der Waals surface area contributed by atoms with Crippen LogP contribution in [0.1, 0.15) is 36.6 Å². The Morgan fingerprint density at radius 3 is 2.68 bits per heavy atom. The molecule has 1 saturated heterocycles. The second kappa shape index (κ2) is 13.4. The first-order valence-electron chi connectivity index (χ1n) is 16.4. The van der Waals surface area contributed by atoms with Gasteiger partial charge in [0.15, 0.2) is 0 Å². The van der Waals surface area contributed by atoms with Crippen LogP contribution in [0.2, 0.25) is 0 Å². The van der Waals surface area contributed by atoms with Crippen molar-refractivity contribution in [2.45, 2.75) is 57.7 Å². The highest BCUT2D eigenvalue weighted by molar-refractivity contribution is 5.97. The van der Waals surface area contributed by atoms with Gasteiger partial charge in [0.25, 0.3) is 0 Å². The van der Waals surface area contributed by atoms with Gasteiger partial charge in [-0.3, -0.25) is 4.79 Å². The summed E-state index contributed by atoms with van der Waals surface area (Å²) in [6.07, 6.45) is 1.91. The molecule has 0 bridgehead atoms. The summed E-state index contributed by atoms with van der Waals surface area (Å²) in [7, 11) is 1.94. The van der Waals surface area contributed by atoms with Crippen molar-refractivity contribution in [3.63, 3.8) is 0 Å². The third-order valence-corrected chi connectivity index (χ3v) is 10.2. The van der Waals surface area contributed by atoms with Crippen molar-refractivity contribution in [2.24, 2.45) is 5.92 Å². The molecule has 47 heavy (non-hydrogen) atoms. The van der Waals surface area contributed by atoms with E-state index in [2.05, 4.69) is 69.4 Å². The van der Waals surface area contributed by atoms with E-state index in [9.17, 15) is 13.6 Å². The third-order valence-electron chi connectivity index (χ3n) is 10.2. The maximum absolute atomic E-state index is 13.5. The fraction of sp³-hybridized carbons (Fsp3) is 0.500. The molecule has 2 fully saturated rings. The highest BCUT2D eigenvalue weighted by Crippen LogP contribution is 2.45. The number of carbonyl (C=O) groups excluding carboxylic acids is 1. The first-order chi connectivity index (χ1) is 22.6. The van der Waals surface area contributed by atoms with Crippen molar-refractivity contribution in [1.82, 2.24) is 19.8 Å². The zero-order valence-corrected chi connectivity index (χ0v) is 27.5.